The summed E-state index contributed by atoms with van der Waals surface area (Å²) in [5.74, 6) is -2.11. The van der Waals surface area contributed by atoms with E-state index < -0.39 is 27.6 Å². The van der Waals surface area contributed by atoms with Crippen molar-refractivity contribution in [2.24, 2.45) is 0 Å². The Morgan fingerprint density at radius 2 is 1.80 bits per heavy atom. The van der Waals surface area contributed by atoms with E-state index in [4.69, 9.17) is 0 Å². The zero-order chi connectivity index (χ0) is 18.4. The number of nitrogens with zero attached hydrogens (tertiary/aromatic N) is 1. The van der Waals surface area contributed by atoms with Gasteiger partial charge in [0.2, 0.25) is 10.0 Å². The van der Waals surface area contributed by atoms with Gasteiger partial charge >= 0.3 is 0 Å². The van der Waals surface area contributed by atoms with Crippen LogP contribution in [-0.2, 0) is 16.4 Å². The van der Waals surface area contributed by atoms with Crippen LogP contribution in [0.4, 0.5) is 20.2 Å². The zero-order valence-corrected chi connectivity index (χ0v) is 14.4. The van der Waals surface area contributed by atoms with Crippen LogP contribution in [-0.4, -0.2) is 26.6 Å². The van der Waals surface area contributed by atoms with Gasteiger partial charge in [-0.3, -0.25) is 9.10 Å². The molecule has 3 rings (SSSR count). The summed E-state index contributed by atoms with van der Waals surface area (Å²) in [5, 5.41) is 2.43. The van der Waals surface area contributed by atoms with Crippen LogP contribution in [0.25, 0.3) is 0 Å². The molecule has 0 saturated carbocycles. The fraction of sp³-hybridized carbons (Fsp3) is 0.235. The van der Waals surface area contributed by atoms with E-state index in [0.717, 1.165) is 24.0 Å². The van der Waals surface area contributed by atoms with Gasteiger partial charge in [-0.15, -0.1) is 0 Å². The van der Waals surface area contributed by atoms with Gasteiger partial charge in [-0.1, -0.05) is 0 Å². The molecule has 0 fully saturated rings. The summed E-state index contributed by atoms with van der Waals surface area (Å²) < 4.78 is 51.5. The van der Waals surface area contributed by atoms with Gasteiger partial charge in [0.1, 0.15) is 11.6 Å². The van der Waals surface area contributed by atoms with Gasteiger partial charge in [-0.25, -0.2) is 17.2 Å². The molecule has 1 unspecified atom stereocenters. The van der Waals surface area contributed by atoms with Gasteiger partial charge in [0.25, 0.3) is 5.91 Å². The number of sulfonamides is 1. The fourth-order valence-electron chi connectivity index (χ4n) is 3.08. The van der Waals surface area contributed by atoms with Crippen molar-refractivity contribution in [2.45, 2.75) is 19.4 Å². The van der Waals surface area contributed by atoms with Crippen molar-refractivity contribution in [1.29, 1.82) is 0 Å². The van der Waals surface area contributed by atoms with Crippen LogP contribution in [0.3, 0.4) is 0 Å². The molecule has 0 radical (unpaired) electrons. The SMILES string of the molecule is CC1Cc2cc(C(=O)Nc3cc(F)cc(F)c3)ccc2N1S(C)(=O)=O. The van der Waals surface area contributed by atoms with Crippen LogP contribution in [0.15, 0.2) is 36.4 Å². The topological polar surface area (TPSA) is 66.5 Å². The molecule has 2 aromatic rings. The molecule has 25 heavy (non-hydrogen) atoms. The van der Waals surface area contributed by atoms with Crippen molar-refractivity contribution in [1.82, 2.24) is 0 Å². The highest BCUT2D eigenvalue weighted by molar-refractivity contribution is 7.92. The van der Waals surface area contributed by atoms with E-state index in [1.165, 1.54) is 10.4 Å². The minimum atomic E-state index is -3.41. The van der Waals surface area contributed by atoms with E-state index >= 15 is 0 Å². The maximum atomic E-state index is 13.2. The van der Waals surface area contributed by atoms with Crippen LogP contribution in [0, 0.1) is 11.6 Å². The molecule has 1 heterocycles. The molecule has 1 atom stereocenters. The third-order valence-corrected chi connectivity index (χ3v) is 5.24. The number of nitrogens with one attached hydrogen (secondary N) is 1. The highest BCUT2D eigenvalue weighted by Crippen LogP contribution is 2.34. The van der Waals surface area contributed by atoms with Crippen molar-refractivity contribution < 1.29 is 22.0 Å². The summed E-state index contributed by atoms with van der Waals surface area (Å²) in [5.41, 5.74) is 1.57. The van der Waals surface area contributed by atoms with Gasteiger partial charge < -0.3 is 5.32 Å². The minimum Gasteiger partial charge on any atom is -0.322 e. The predicted octanol–water partition coefficient (Wildman–Crippen LogP) is 2.93. The third kappa shape index (κ3) is 3.48. The van der Waals surface area contributed by atoms with Crippen molar-refractivity contribution in [3.63, 3.8) is 0 Å². The molecule has 5 nitrogen and oxygen atoms in total. The first-order valence-corrected chi connectivity index (χ1v) is 9.40. The number of hydrogen-bond donors (Lipinski definition) is 1. The second-order valence-corrected chi connectivity index (χ2v) is 7.93. The first-order valence-electron chi connectivity index (χ1n) is 7.55. The minimum absolute atomic E-state index is 0.00845. The first kappa shape index (κ1) is 17.3. The van der Waals surface area contributed by atoms with Crippen molar-refractivity contribution in [2.75, 3.05) is 15.9 Å². The van der Waals surface area contributed by atoms with E-state index in [9.17, 15) is 22.0 Å². The highest BCUT2D eigenvalue weighted by atomic mass is 32.2. The maximum absolute atomic E-state index is 13.2. The van der Waals surface area contributed by atoms with Gasteiger partial charge in [0.15, 0.2) is 0 Å². The van der Waals surface area contributed by atoms with Crippen LogP contribution in [0.2, 0.25) is 0 Å². The van der Waals surface area contributed by atoms with Crippen molar-refractivity contribution in [3.8, 4) is 0 Å². The Hall–Kier alpha value is -2.48. The van der Waals surface area contributed by atoms with E-state index in [1.54, 1.807) is 19.1 Å². The molecule has 132 valence electrons. The largest absolute Gasteiger partial charge is 0.322 e. The molecule has 0 aliphatic carbocycles. The zero-order valence-electron chi connectivity index (χ0n) is 13.6. The molecular formula is C17H16F2N2O3S. The summed E-state index contributed by atoms with van der Waals surface area (Å²) in [6.45, 7) is 1.79. The molecule has 1 N–H and O–H groups in total. The Kier molecular flexibility index (Phi) is 4.24. The smallest absolute Gasteiger partial charge is 0.255 e. The Morgan fingerprint density at radius 3 is 2.40 bits per heavy atom. The number of hydrogen-bond acceptors (Lipinski definition) is 3. The number of rotatable bonds is 3. The lowest BCUT2D eigenvalue weighted by atomic mass is 10.1. The number of halogens is 2. The Morgan fingerprint density at radius 1 is 1.16 bits per heavy atom. The van der Waals surface area contributed by atoms with Crippen LogP contribution in [0.5, 0.6) is 0 Å². The standard InChI is InChI=1S/C17H16F2N2O3S/c1-10-5-12-6-11(3-4-16(12)21(10)25(2,23)24)17(22)20-15-8-13(18)7-14(19)9-15/h3-4,6-10H,5H2,1-2H3,(H,20,22). The lowest BCUT2D eigenvalue weighted by molar-refractivity contribution is 0.102. The lowest BCUT2D eigenvalue weighted by Gasteiger charge is -2.21. The number of anilines is 2. The Labute approximate surface area is 144 Å². The number of fused-ring (bicyclic) bond motifs is 1. The third-order valence-electron chi connectivity index (χ3n) is 3.97. The van der Waals surface area contributed by atoms with Crippen molar-refractivity contribution in [3.05, 3.63) is 59.2 Å². The van der Waals surface area contributed by atoms with Gasteiger partial charge in [0.05, 0.1) is 11.9 Å². The predicted molar refractivity (Wildman–Crippen MR) is 91.2 cm³/mol. The molecule has 1 amide bonds. The number of carbonyl (C=O) groups is 1. The van der Waals surface area contributed by atoms with Crippen LogP contribution < -0.4 is 9.62 Å². The summed E-state index contributed by atoms with van der Waals surface area (Å²) >= 11 is 0. The van der Waals surface area contributed by atoms with Gasteiger partial charge in [0, 0.05) is 23.4 Å². The summed E-state index contributed by atoms with van der Waals surface area (Å²) in [6, 6.07) is 7.17. The maximum Gasteiger partial charge on any atom is 0.255 e. The van der Waals surface area contributed by atoms with E-state index in [0.29, 0.717) is 18.2 Å². The quantitative estimate of drug-likeness (QED) is 0.908. The lowest BCUT2D eigenvalue weighted by Crippen LogP contribution is -2.34. The molecule has 8 heteroatoms. The fourth-order valence-corrected chi connectivity index (χ4v) is 4.34. The molecule has 0 aromatic heterocycles. The molecule has 0 spiro atoms. The first-order chi connectivity index (χ1) is 11.6. The number of amides is 1. The molecule has 2 aromatic carbocycles. The monoisotopic (exact) mass is 366 g/mol. The number of benzene rings is 2. The Bertz CT molecular complexity index is 940. The molecule has 1 aliphatic rings. The number of carbonyl (C=O) groups excluding carboxylic acids is 1. The average Bonchev–Trinajstić information content (AvgIpc) is 2.80. The van der Waals surface area contributed by atoms with Crippen LogP contribution in [0.1, 0.15) is 22.8 Å². The summed E-state index contributed by atoms with van der Waals surface area (Å²) in [7, 11) is -3.41. The molecule has 0 bridgehead atoms. The van der Waals surface area contributed by atoms with E-state index in [1.807, 2.05) is 0 Å². The van der Waals surface area contributed by atoms with Crippen LogP contribution >= 0.6 is 0 Å². The normalized spacial score (nSPS) is 16.6. The highest BCUT2D eigenvalue weighted by Gasteiger charge is 2.32. The summed E-state index contributed by atoms with van der Waals surface area (Å²) in [6.07, 6.45) is 1.62. The van der Waals surface area contributed by atoms with Gasteiger partial charge in [-0.05, 0) is 49.2 Å². The molecule has 0 saturated heterocycles. The molecule has 1 aliphatic heterocycles. The summed E-state index contributed by atoms with van der Waals surface area (Å²) in [4.78, 5) is 12.3. The second-order valence-electron chi connectivity index (χ2n) is 6.07. The second kappa shape index (κ2) is 6.11. The van der Waals surface area contributed by atoms with Crippen molar-refractivity contribution >= 4 is 27.3 Å². The van der Waals surface area contributed by atoms with E-state index in [-0.39, 0.29) is 17.3 Å². The Balaban J connectivity index is 1.88. The van der Waals surface area contributed by atoms with E-state index in [2.05, 4.69) is 5.32 Å². The van der Waals surface area contributed by atoms with Gasteiger partial charge in [-0.2, -0.15) is 0 Å². The molecular weight excluding hydrogens is 350 g/mol. The average molecular weight is 366 g/mol.